The van der Waals surface area contributed by atoms with Gasteiger partial charge in [-0.3, -0.25) is 9.59 Å². The Labute approximate surface area is 156 Å². The van der Waals surface area contributed by atoms with Crippen LogP contribution in [0, 0.1) is 0 Å². The Morgan fingerprint density at radius 1 is 1.12 bits per heavy atom. The Kier molecular flexibility index (Phi) is 6.18. The molecular weight excluding hydrogens is 376 g/mol. The lowest BCUT2D eigenvalue weighted by molar-refractivity contribution is 0.0959. The summed E-state index contributed by atoms with van der Waals surface area (Å²) in [5.74, 6) is -0.999. The topological polar surface area (TPSA) is 92.3 Å². The molecule has 2 rings (SSSR count). The van der Waals surface area contributed by atoms with Gasteiger partial charge in [0, 0.05) is 12.8 Å². The smallest absolute Gasteiger partial charge is 0.257 e. The molecule has 0 aliphatic rings. The van der Waals surface area contributed by atoms with E-state index < -0.39 is 15.7 Å². The highest BCUT2D eigenvalue weighted by molar-refractivity contribution is 7.90. The fourth-order valence-corrected chi connectivity index (χ4v) is 3.00. The molecule has 0 aliphatic heterocycles. The number of hydrogen-bond donors (Lipinski definition) is 2. The largest absolute Gasteiger partial charge is 0.349 e. The van der Waals surface area contributed by atoms with Gasteiger partial charge >= 0.3 is 0 Å². The van der Waals surface area contributed by atoms with Crippen LogP contribution in [0.4, 0.5) is 5.69 Å². The third-order valence-corrected chi connectivity index (χ3v) is 4.88. The standard InChI is InChI=1S/C18H17ClN2O4S/c1-3-10-20-17(22)13-6-4-5-7-16(13)21-18(23)14-11-12(26(2,24)25)8-9-15(14)19/h3-9,11H,1,10H2,2H3,(H,20,22)(H,21,23). The first-order valence-electron chi connectivity index (χ1n) is 7.53. The van der Waals surface area contributed by atoms with E-state index in [0.29, 0.717) is 0 Å². The summed E-state index contributed by atoms with van der Waals surface area (Å²) in [6.45, 7) is 3.81. The quantitative estimate of drug-likeness (QED) is 0.739. The molecule has 0 aromatic heterocycles. The highest BCUT2D eigenvalue weighted by Crippen LogP contribution is 2.23. The molecule has 0 aliphatic carbocycles. The van der Waals surface area contributed by atoms with Crippen LogP contribution in [0.5, 0.6) is 0 Å². The SMILES string of the molecule is C=CCNC(=O)c1ccccc1NC(=O)c1cc(S(C)(=O)=O)ccc1Cl. The van der Waals surface area contributed by atoms with Gasteiger partial charge in [0.2, 0.25) is 0 Å². The van der Waals surface area contributed by atoms with Crippen molar-refractivity contribution in [3.63, 3.8) is 0 Å². The summed E-state index contributed by atoms with van der Waals surface area (Å²) in [4.78, 5) is 24.7. The molecule has 0 saturated carbocycles. The Hall–Kier alpha value is -2.64. The van der Waals surface area contributed by atoms with Gasteiger partial charge in [-0.25, -0.2) is 8.42 Å². The van der Waals surface area contributed by atoms with Gasteiger partial charge in [-0.05, 0) is 30.3 Å². The molecule has 0 spiro atoms. The first-order chi connectivity index (χ1) is 12.2. The van der Waals surface area contributed by atoms with Gasteiger partial charge in [-0.1, -0.05) is 29.8 Å². The van der Waals surface area contributed by atoms with Crippen LogP contribution in [0.25, 0.3) is 0 Å². The molecule has 0 saturated heterocycles. The lowest BCUT2D eigenvalue weighted by atomic mass is 10.1. The summed E-state index contributed by atoms with van der Waals surface area (Å²) in [5, 5.41) is 5.33. The fraction of sp³-hybridized carbons (Fsp3) is 0.111. The number of amides is 2. The van der Waals surface area contributed by atoms with E-state index in [1.807, 2.05) is 0 Å². The number of rotatable bonds is 6. The number of carbonyl (C=O) groups excluding carboxylic acids is 2. The van der Waals surface area contributed by atoms with Crippen LogP contribution in [-0.4, -0.2) is 33.0 Å². The molecule has 26 heavy (non-hydrogen) atoms. The predicted octanol–water partition coefficient (Wildman–Crippen LogP) is 2.91. The van der Waals surface area contributed by atoms with Crippen molar-refractivity contribution in [2.75, 3.05) is 18.1 Å². The van der Waals surface area contributed by atoms with Gasteiger partial charge in [-0.15, -0.1) is 6.58 Å². The molecule has 0 bridgehead atoms. The maximum atomic E-state index is 12.6. The van der Waals surface area contributed by atoms with Crippen molar-refractivity contribution in [2.45, 2.75) is 4.90 Å². The van der Waals surface area contributed by atoms with Crippen molar-refractivity contribution >= 4 is 38.9 Å². The highest BCUT2D eigenvalue weighted by Gasteiger charge is 2.18. The molecule has 2 aromatic rings. The molecule has 2 aromatic carbocycles. The highest BCUT2D eigenvalue weighted by atomic mass is 35.5. The van der Waals surface area contributed by atoms with Gasteiger partial charge in [0.1, 0.15) is 0 Å². The van der Waals surface area contributed by atoms with Crippen LogP contribution >= 0.6 is 11.6 Å². The Balaban J connectivity index is 2.34. The summed E-state index contributed by atoms with van der Waals surface area (Å²) in [5.41, 5.74) is 0.536. The molecule has 0 radical (unpaired) electrons. The van der Waals surface area contributed by atoms with Crippen molar-refractivity contribution in [3.05, 3.63) is 71.3 Å². The molecule has 136 valence electrons. The van der Waals surface area contributed by atoms with Gasteiger partial charge in [0.15, 0.2) is 9.84 Å². The maximum Gasteiger partial charge on any atom is 0.257 e. The third-order valence-electron chi connectivity index (χ3n) is 3.44. The summed E-state index contributed by atoms with van der Waals surface area (Å²) < 4.78 is 23.4. The van der Waals surface area contributed by atoms with Crippen molar-refractivity contribution in [1.29, 1.82) is 0 Å². The number of para-hydroxylation sites is 1. The maximum absolute atomic E-state index is 12.6. The molecule has 2 N–H and O–H groups in total. The van der Waals surface area contributed by atoms with Crippen LogP contribution < -0.4 is 10.6 Å². The monoisotopic (exact) mass is 392 g/mol. The molecule has 6 nitrogen and oxygen atoms in total. The normalized spacial score (nSPS) is 10.8. The van der Waals surface area contributed by atoms with E-state index in [1.54, 1.807) is 24.3 Å². The number of halogens is 1. The Bertz CT molecular complexity index is 971. The van der Waals surface area contributed by atoms with Crippen LogP contribution in [0.2, 0.25) is 5.02 Å². The zero-order valence-corrected chi connectivity index (χ0v) is 15.5. The predicted molar refractivity (Wildman–Crippen MR) is 101 cm³/mol. The summed E-state index contributed by atoms with van der Waals surface area (Å²) >= 11 is 6.03. The van der Waals surface area contributed by atoms with E-state index in [9.17, 15) is 18.0 Å². The lowest BCUT2D eigenvalue weighted by Crippen LogP contribution is -2.25. The first kappa shape index (κ1) is 19.7. The number of sulfone groups is 1. The second-order valence-corrected chi connectivity index (χ2v) is 7.84. The van der Waals surface area contributed by atoms with E-state index >= 15 is 0 Å². The molecule has 2 amide bonds. The minimum Gasteiger partial charge on any atom is -0.349 e. The van der Waals surface area contributed by atoms with Crippen molar-refractivity contribution in [2.24, 2.45) is 0 Å². The van der Waals surface area contributed by atoms with Gasteiger partial charge in [-0.2, -0.15) is 0 Å². The summed E-state index contributed by atoms with van der Waals surface area (Å²) in [6.07, 6.45) is 2.58. The molecule has 0 heterocycles. The van der Waals surface area contributed by atoms with Gasteiger partial charge in [0.05, 0.1) is 26.7 Å². The summed E-state index contributed by atoms with van der Waals surface area (Å²) in [7, 11) is -3.49. The zero-order valence-electron chi connectivity index (χ0n) is 14.0. The fourth-order valence-electron chi connectivity index (χ4n) is 2.15. The van der Waals surface area contributed by atoms with Crippen molar-refractivity contribution in [3.8, 4) is 0 Å². The number of anilines is 1. The van der Waals surface area contributed by atoms with Crippen LogP contribution in [0.15, 0.2) is 60.0 Å². The minimum absolute atomic E-state index is 0.00380. The van der Waals surface area contributed by atoms with E-state index in [-0.39, 0.29) is 39.2 Å². The Morgan fingerprint density at radius 3 is 2.46 bits per heavy atom. The average Bonchev–Trinajstić information content (AvgIpc) is 2.59. The van der Waals surface area contributed by atoms with E-state index in [4.69, 9.17) is 11.6 Å². The van der Waals surface area contributed by atoms with E-state index in [2.05, 4.69) is 17.2 Å². The molecule has 0 unspecified atom stereocenters. The van der Waals surface area contributed by atoms with Gasteiger partial charge < -0.3 is 10.6 Å². The number of carbonyl (C=O) groups is 2. The van der Waals surface area contributed by atoms with Crippen molar-refractivity contribution in [1.82, 2.24) is 5.32 Å². The number of benzene rings is 2. The molecular formula is C18H17ClN2O4S. The van der Waals surface area contributed by atoms with Crippen molar-refractivity contribution < 1.29 is 18.0 Å². The second kappa shape index (κ2) is 8.16. The first-order valence-corrected chi connectivity index (χ1v) is 9.80. The number of nitrogens with one attached hydrogen (secondary N) is 2. The lowest BCUT2D eigenvalue weighted by Gasteiger charge is -2.12. The van der Waals surface area contributed by atoms with Gasteiger partial charge in [0.25, 0.3) is 11.8 Å². The molecule has 0 atom stereocenters. The molecule has 8 heteroatoms. The number of hydrogen-bond acceptors (Lipinski definition) is 4. The third kappa shape index (κ3) is 4.71. The van der Waals surface area contributed by atoms with E-state index in [0.717, 1.165) is 6.26 Å². The van der Waals surface area contributed by atoms with Crippen LogP contribution in [0.1, 0.15) is 20.7 Å². The van der Waals surface area contributed by atoms with Crippen LogP contribution in [-0.2, 0) is 9.84 Å². The summed E-state index contributed by atoms with van der Waals surface area (Å²) in [6, 6.07) is 10.3. The average molecular weight is 393 g/mol. The Morgan fingerprint density at radius 2 is 1.81 bits per heavy atom. The zero-order chi connectivity index (χ0) is 19.3. The molecule has 0 fully saturated rings. The second-order valence-electron chi connectivity index (χ2n) is 5.41. The van der Waals surface area contributed by atoms with E-state index in [1.165, 1.54) is 24.3 Å². The minimum atomic E-state index is -3.49. The van der Waals surface area contributed by atoms with Crippen LogP contribution in [0.3, 0.4) is 0 Å².